The van der Waals surface area contributed by atoms with Gasteiger partial charge in [-0.15, -0.1) is 0 Å². The molecule has 8 fully saturated rings. The molecule has 5 saturated heterocycles. The lowest BCUT2D eigenvalue weighted by atomic mass is 9.47. The largest absolute Gasteiger partial charge is 0.394 e. The van der Waals surface area contributed by atoms with Gasteiger partial charge in [-0.25, -0.2) is 0 Å². The number of fused-ring (bicyclic) bond motifs is 7. The molecule has 0 aromatic carbocycles. The van der Waals surface area contributed by atoms with E-state index in [1.807, 2.05) is 0 Å². The molecule has 5 heterocycles. The Balaban J connectivity index is 0.940. The Morgan fingerprint density at radius 2 is 1.34 bits per heavy atom. The zero-order valence-corrected chi connectivity index (χ0v) is 36.6. The Hall–Kier alpha value is -0.940. The Kier molecular flexibility index (Phi) is 12.9. The molecule has 18 unspecified atom stereocenters. The molecule has 4 aliphatic carbocycles. The van der Waals surface area contributed by atoms with Crippen LogP contribution < -0.4 is 0 Å². The third kappa shape index (κ3) is 7.49. The Morgan fingerprint density at radius 1 is 0.677 bits per heavy atom. The highest BCUT2D eigenvalue weighted by atomic mass is 16.8. The van der Waals surface area contributed by atoms with Crippen molar-refractivity contribution in [3.63, 3.8) is 0 Å². The van der Waals surface area contributed by atoms with E-state index >= 15 is 0 Å². The first-order valence-electron chi connectivity index (χ1n) is 23.4. The highest BCUT2D eigenvalue weighted by Gasteiger charge is 2.69. The molecule has 62 heavy (non-hydrogen) atoms. The first-order chi connectivity index (χ1) is 29.4. The zero-order chi connectivity index (χ0) is 44.2. The lowest BCUT2D eigenvalue weighted by Crippen LogP contribution is -2.67. The summed E-state index contributed by atoms with van der Waals surface area (Å²) >= 11 is 0. The van der Waals surface area contributed by atoms with Gasteiger partial charge >= 0.3 is 0 Å². The third-order valence-corrected chi connectivity index (χ3v) is 17.7. The maximum Gasteiger partial charge on any atom is 0.187 e. The smallest absolute Gasteiger partial charge is 0.187 e. The lowest BCUT2D eigenvalue weighted by Gasteiger charge is -2.59. The molecule has 9 rings (SSSR count). The van der Waals surface area contributed by atoms with E-state index in [4.69, 9.17) is 37.9 Å². The predicted molar refractivity (Wildman–Crippen MR) is 214 cm³/mol. The van der Waals surface area contributed by atoms with Crippen LogP contribution in [0.1, 0.15) is 92.4 Å². The van der Waals surface area contributed by atoms with Crippen molar-refractivity contribution in [2.45, 2.75) is 203 Å². The van der Waals surface area contributed by atoms with E-state index < -0.39 is 117 Å². The number of aliphatic hydroxyl groups excluding tert-OH is 9. The molecule has 17 heteroatoms. The van der Waals surface area contributed by atoms with Crippen LogP contribution >= 0.6 is 0 Å². The number of ether oxygens (including phenoxy) is 8. The molecule has 0 amide bonds. The Morgan fingerprint density at radius 3 is 2.03 bits per heavy atom. The molecular formula is C45H72O17. The van der Waals surface area contributed by atoms with Gasteiger partial charge < -0.3 is 83.9 Å². The molecule has 9 aliphatic rings. The van der Waals surface area contributed by atoms with Gasteiger partial charge in [-0.3, -0.25) is 0 Å². The molecular weight excluding hydrogens is 812 g/mol. The summed E-state index contributed by atoms with van der Waals surface area (Å²) < 4.78 is 50.3. The number of rotatable bonds is 8. The van der Waals surface area contributed by atoms with Crippen LogP contribution in [0.5, 0.6) is 0 Å². The van der Waals surface area contributed by atoms with Crippen molar-refractivity contribution < 1.29 is 83.9 Å². The summed E-state index contributed by atoms with van der Waals surface area (Å²) in [5.41, 5.74) is 1.45. The number of allylic oxidation sites excluding steroid dienone is 1. The van der Waals surface area contributed by atoms with E-state index in [9.17, 15) is 46.0 Å². The highest BCUT2D eigenvalue weighted by Crippen LogP contribution is 2.70. The summed E-state index contributed by atoms with van der Waals surface area (Å²) in [5.74, 6) is 2.52. The monoisotopic (exact) mass is 884 g/mol. The van der Waals surface area contributed by atoms with Gasteiger partial charge in [0, 0.05) is 12.3 Å². The summed E-state index contributed by atoms with van der Waals surface area (Å²) in [6, 6.07) is 0. The van der Waals surface area contributed by atoms with Crippen molar-refractivity contribution in [3.8, 4) is 0 Å². The van der Waals surface area contributed by atoms with Gasteiger partial charge in [0.1, 0.15) is 67.1 Å². The third-order valence-electron chi connectivity index (χ3n) is 17.7. The van der Waals surface area contributed by atoms with E-state index in [2.05, 4.69) is 33.8 Å². The molecule has 354 valence electrons. The zero-order valence-electron chi connectivity index (χ0n) is 36.6. The molecule has 0 radical (unpaired) electrons. The van der Waals surface area contributed by atoms with Gasteiger partial charge in [0.15, 0.2) is 24.7 Å². The summed E-state index contributed by atoms with van der Waals surface area (Å²) in [7, 11) is 0. The molecule has 5 aliphatic heterocycles. The van der Waals surface area contributed by atoms with Crippen molar-refractivity contribution in [2.75, 3.05) is 19.8 Å². The first-order valence-corrected chi connectivity index (χ1v) is 23.4. The fourth-order valence-corrected chi connectivity index (χ4v) is 14.0. The van der Waals surface area contributed by atoms with Crippen LogP contribution in [0.2, 0.25) is 0 Å². The van der Waals surface area contributed by atoms with Crippen molar-refractivity contribution in [1.29, 1.82) is 0 Å². The highest BCUT2D eigenvalue weighted by molar-refractivity contribution is 5.26. The van der Waals surface area contributed by atoms with Crippen LogP contribution in [0.15, 0.2) is 11.6 Å². The molecule has 0 aromatic heterocycles. The van der Waals surface area contributed by atoms with Gasteiger partial charge in [0.25, 0.3) is 0 Å². The second-order valence-electron chi connectivity index (χ2n) is 21.1. The molecule has 9 N–H and O–H groups in total. The maximum atomic E-state index is 11.6. The molecule has 1 spiro atoms. The van der Waals surface area contributed by atoms with Crippen LogP contribution in [0.4, 0.5) is 0 Å². The van der Waals surface area contributed by atoms with Crippen LogP contribution in [0, 0.1) is 46.3 Å². The van der Waals surface area contributed by atoms with E-state index in [1.165, 1.54) is 12.5 Å². The van der Waals surface area contributed by atoms with Gasteiger partial charge in [0.2, 0.25) is 0 Å². The Labute approximate surface area is 363 Å². The van der Waals surface area contributed by atoms with E-state index in [0.717, 1.165) is 51.6 Å². The van der Waals surface area contributed by atoms with Gasteiger partial charge in [-0.1, -0.05) is 39.3 Å². The van der Waals surface area contributed by atoms with Crippen LogP contribution in [0.3, 0.4) is 0 Å². The first kappa shape index (κ1) is 46.2. The second kappa shape index (κ2) is 17.3. The standard InChI is InChI=1S/C45H72O17/c1-19-8-13-45(55-18-19)20(2)30-27(62-45)15-26-24-7-6-22-14-23(9-11-43(22,4)25(24)10-12-44(26,30)5)57-42-39(61-40-36(53)34(51)31(48)21(3)56-40)38(33(50)29(17-47)59-42)60-41-37(54)35(52)32(49)28(16-46)58-41/h6,19-21,23-42,46-54H,7-18H2,1-5H3/t19?,20?,21?,23?,24-,25+,26-,27+,28?,29?,30-,31?,32?,33?,34?,35?,36?,37?,38?,39?,40?,41?,42?,43-,44-,45+/m0/s1. The van der Waals surface area contributed by atoms with Crippen molar-refractivity contribution >= 4 is 0 Å². The minimum absolute atomic E-state index is 0.0484. The molecule has 26 atom stereocenters. The fourth-order valence-electron chi connectivity index (χ4n) is 14.0. The lowest BCUT2D eigenvalue weighted by molar-refractivity contribution is -0.394. The average molecular weight is 885 g/mol. The summed E-state index contributed by atoms with van der Waals surface area (Å²) in [4.78, 5) is 0. The average Bonchev–Trinajstić information content (AvgIpc) is 3.70. The maximum absolute atomic E-state index is 11.6. The van der Waals surface area contributed by atoms with Crippen LogP contribution in [-0.4, -0.2) is 176 Å². The normalized spacial score (nSPS) is 57.6. The summed E-state index contributed by atoms with van der Waals surface area (Å²) in [6.45, 7) is 10.4. The minimum Gasteiger partial charge on any atom is -0.394 e. The van der Waals surface area contributed by atoms with Gasteiger partial charge in [-0.05, 0) is 98.7 Å². The number of hydrogen-bond acceptors (Lipinski definition) is 17. The molecule has 17 nitrogen and oxygen atoms in total. The van der Waals surface area contributed by atoms with Crippen LogP contribution in [-0.2, 0) is 37.9 Å². The number of aliphatic hydroxyl groups is 9. The van der Waals surface area contributed by atoms with Crippen molar-refractivity contribution in [2.24, 2.45) is 46.3 Å². The predicted octanol–water partition coefficient (Wildman–Crippen LogP) is 0.214. The fraction of sp³-hybridized carbons (Fsp3) is 0.956. The summed E-state index contributed by atoms with van der Waals surface area (Å²) in [6.07, 6.45) is -12.4. The van der Waals surface area contributed by atoms with Gasteiger partial charge in [-0.2, -0.15) is 0 Å². The quantitative estimate of drug-likeness (QED) is 0.148. The topological polar surface area (TPSA) is 256 Å². The molecule has 3 saturated carbocycles. The molecule has 0 bridgehead atoms. The second-order valence-corrected chi connectivity index (χ2v) is 21.1. The van der Waals surface area contributed by atoms with E-state index in [0.29, 0.717) is 48.3 Å². The van der Waals surface area contributed by atoms with Gasteiger partial charge in [0.05, 0.1) is 38.1 Å². The molecule has 0 aromatic rings. The van der Waals surface area contributed by atoms with E-state index in [1.54, 1.807) is 0 Å². The summed E-state index contributed by atoms with van der Waals surface area (Å²) in [5, 5.41) is 95.8. The number of hydrogen-bond donors (Lipinski definition) is 9. The Bertz CT molecular complexity index is 1610. The minimum atomic E-state index is -1.84. The van der Waals surface area contributed by atoms with E-state index in [-0.39, 0.29) is 16.9 Å². The SMILES string of the molecule is CC1CC[C@@]2(OC1)O[C@@H]1C[C@H]3[C@H]4CC=C5CC(OC6OC(CO)C(O)C(OC7OC(CO)C(O)C(O)C7O)C6OC6OC(C)C(O)C(O)C6O)CC[C@]5(C)[C@@H]4CC[C@]3(C)[C@H]1C2C. The van der Waals surface area contributed by atoms with Crippen molar-refractivity contribution in [1.82, 2.24) is 0 Å². The van der Waals surface area contributed by atoms with Crippen molar-refractivity contribution in [3.05, 3.63) is 11.6 Å². The van der Waals surface area contributed by atoms with Crippen LogP contribution in [0.25, 0.3) is 0 Å².